The van der Waals surface area contributed by atoms with E-state index in [1.807, 2.05) is 44.2 Å². The maximum Gasteiger partial charge on any atom is 0.344 e. The average molecular weight is 406 g/mol. The molecule has 0 unspecified atom stereocenters. The van der Waals surface area contributed by atoms with E-state index in [2.05, 4.69) is 0 Å². The molecule has 0 spiro atoms. The van der Waals surface area contributed by atoms with Gasteiger partial charge in [-0.2, -0.15) is 8.42 Å². The molecule has 4 rings (SSSR count). The van der Waals surface area contributed by atoms with Crippen LogP contribution in [0.4, 0.5) is 0 Å². The van der Waals surface area contributed by atoms with Crippen LogP contribution in [0.5, 0.6) is 5.75 Å². The van der Waals surface area contributed by atoms with Gasteiger partial charge in [-0.3, -0.25) is 0 Å². The lowest BCUT2D eigenvalue weighted by Gasteiger charge is -2.10. The molecule has 0 N–H and O–H groups in total. The Morgan fingerprint density at radius 2 is 1.55 bits per heavy atom. The van der Waals surface area contributed by atoms with Crippen molar-refractivity contribution in [3.05, 3.63) is 94.3 Å². The van der Waals surface area contributed by atoms with Gasteiger partial charge < -0.3 is 8.60 Å². The molecular formula is C23H18O5S. The minimum absolute atomic E-state index is 0.0558. The van der Waals surface area contributed by atoms with Crippen LogP contribution in [-0.2, 0) is 10.1 Å². The number of benzene rings is 3. The van der Waals surface area contributed by atoms with Crippen molar-refractivity contribution < 1.29 is 17.0 Å². The van der Waals surface area contributed by atoms with E-state index < -0.39 is 15.7 Å². The zero-order valence-electron chi connectivity index (χ0n) is 15.9. The Hall–Kier alpha value is -3.38. The molecular weight excluding hydrogens is 388 g/mol. The van der Waals surface area contributed by atoms with Crippen molar-refractivity contribution in [2.75, 3.05) is 0 Å². The Balaban J connectivity index is 1.76. The summed E-state index contributed by atoms with van der Waals surface area (Å²) in [7, 11) is -3.99. The van der Waals surface area contributed by atoms with E-state index in [0.29, 0.717) is 10.9 Å². The highest BCUT2D eigenvalue weighted by molar-refractivity contribution is 7.87. The fraction of sp³-hybridized carbons (Fsp3) is 0.0870. The second-order valence-electron chi connectivity index (χ2n) is 6.76. The second-order valence-corrected chi connectivity index (χ2v) is 8.31. The van der Waals surface area contributed by atoms with Crippen molar-refractivity contribution in [3.63, 3.8) is 0 Å². The molecule has 29 heavy (non-hydrogen) atoms. The van der Waals surface area contributed by atoms with Gasteiger partial charge in [0.05, 0.1) is 5.56 Å². The Morgan fingerprint density at radius 1 is 0.862 bits per heavy atom. The number of rotatable bonds is 4. The van der Waals surface area contributed by atoms with Gasteiger partial charge in [-0.05, 0) is 49.2 Å². The average Bonchev–Trinajstić information content (AvgIpc) is 2.68. The zero-order valence-corrected chi connectivity index (χ0v) is 16.7. The van der Waals surface area contributed by atoms with E-state index in [-0.39, 0.29) is 16.2 Å². The number of hydrogen-bond donors (Lipinski definition) is 0. The lowest BCUT2D eigenvalue weighted by Crippen LogP contribution is -2.10. The van der Waals surface area contributed by atoms with Crippen molar-refractivity contribution in [2.24, 2.45) is 0 Å². The van der Waals surface area contributed by atoms with Crippen molar-refractivity contribution in [2.45, 2.75) is 18.7 Å². The molecule has 0 aliphatic heterocycles. The molecule has 0 fully saturated rings. The molecule has 0 saturated carbocycles. The third kappa shape index (κ3) is 3.67. The molecule has 4 aromatic rings. The molecule has 6 heteroatoms. The first-order valence-corrected chi connectivity index (χ1v) is 10.4. The molecule has 146 valence electrons. The molecule has 3 aromatic carbocycles. The minimum atomic E-state index is -3.99. The summed E-state index contributed by atoms with van der Waals surface area (Å²) in [6, 6.07) is 20.3. The Morgan fingerprint density at radius 3 is 2.24 bits per heavy atom. The van der Waals surface area contributed by atoms with Gasteiger partial charge in [0.1, 0.15) is 16.2 Å². The first-order chi connectivity index (χ1) is 13.8. The summed E-state index contributed by atoms with van der Waals surface area (Å²) in [5.41, 5.74) is 2.74. The fourth-order valence-corrected chi connectivity index (χ4v) is 4.13. The van der Waals surface area contributed by atoms with Crippen LogP contribution >= 0.6 is 0 Å². The predicted octanol–water partition coefficient (Wildman–Crippen LogP) is 4.84. The molecule has 5 nitrogen and oxygen atoms in total. The largest absolute Gasteiger partial charge is 0.422 e. The van der Waals surface area contributed by atoms with E-state index in [4.69, 9.17) is 8.60 Å². The number of hydrogen-bond acceptors (Lipinski definition) is 5. The Labute approximate surface area is 168 Å². The first-order valence-electron chi connectivity index (χ1n) is 8.99. The molecule has 0 bridgehead atoms. The van der Waals surface area contributed by atoms with Gasteiger partial charge in [-0.25, -0.2) is 4.79 Å². The highest BCUT2D eigenvalue weighted by atomic mass is 32.2. The van der Waals surface area contributed by atoms with Gasteiger partial charge in [0, 0.05) is 11.5 Å². The maximum atomic E-state index is 12.6. The summed E-state index contributed by atoms with van der Waals surface area (Å²) >= 11 is 0. The Kier molecular flexibility index (Phi) is 4.72. The van der Waals surface area contributed by atoms with E-state index in [9.17, 15) is 13.2 Å². The summed E-state index contributed by atoms with van der Waals surface area (Å²) in [5, 5.41) is 0.712. The molecule has 0 amide bonds. The van der Waals surface area contributed by atoms with Gasteiger partial charge in [-0.1, -0.05) is 48.0 Å². The third-order valence-corrected chi connectivity index (χ3v) is 5.98. The molecule has 1 heterocycles. The normalized spacial score (nSPS) is 11.5. The monoisotopic (exact) mass is 406 g/mol. The van der Waals surface area contributed by atoms with Crippen LogP contribution in [0.1, 0.15) is 11.1 Å². The van der Waals surface area contributed by atoms with Crippen LogP contribution in [0.25, 0.3) is 22.1 Å². The van der Waals surface area contributed by atoms with Crippen LogP contribution < -0.4 is 9.81 Å². The summed E-state index contributed by atoms with van der Waals surface area (Å²) < 4.78 is 35.7. The van der Waals surface area contributed by atoms with E-state index in [1.165, 1.54) is 18.2 Å². The van der Waals surface area contributed by atoms with Crippen molar-refractivity contribution in [3.8, 4) is 16.9 Å². The summed E-state index contributed by atoms with van der Waals surface area (Å²) in [6.07, 6.45) is 0. The van der Waals surface area contributed by atoms with E-state index >= 15 is 0 Å². The predicted molar refractivity (Wildman–Crippen MR) is 112 cm³/mol. The zero-order chi connectivity index (χ0) is 20.6. The van der Waals surface area contributed by atoms with Crippen molar-refractivity contribution in [1.29, 1.82) is 0 Å². The van der Waals surface area contributed by atoms with Crippen LogP contribution in [0, 0.1) is 13.8 Å². The second kappa shape index (κ2) is 7.22. The lowest BCUT2D eigenvalue weighted by atomic mass is 10.00. The summed E-state index contributed by atoms with van der Waals surface area (Å²) in [5.74, 6) is 0.0769. The van der Waals surface area contributed by atoms with Gasteiger partial charge in [0.2, 0.25) is 0 Å². The third-order valence-electron chi connectivity index (χ3n) is 4.72. The molecule has 0 saturated heterocycles. The summed E-state index contributed by atoms with van der Waals surface area (Å²) in [6.45, 7) is 3.71. The number of fused-ring (bicyclic) bond motifs is 1. The van der Waals surface area contributed by atoms with Gasteiger partial charge in [-0.15, -0.1) is 0 Å². The SMILES string of the molecule is Cc1ccc(S(=O)(=O)Oc2ccc3c(C)c(-c4ccccc4)c(=O)oc3c2)cc1. The minimum Gasteiger partial charge on any atom is -0.422 e. The Bertz CT molecular complexity index is 1350. The van der Waals surface area contributed by atoms with Crippen LogP contribution in [0.15, 0.2) is 86.9 Å². The first kappa shape index (κ1) is 19.0. The molecule has 0 radical (unpaired) electrons. The van der Waals surface area contributed by atoms with Gasteiger partial charge in [0.25, 0.3) is 0 Å². The molecule has 0 atom stereocenters. The smallest absolute Gasteiger partial charge is 0.344 e. The number of aryl methyl sites for hydroxylation is 2. The quantitative estimate of drug-likeness (QED) is 0.358. The van der Waals surface area contributed by atoms with Crippen molar-refractivity contribution in [1.82, 2.24) is 0 Å². The molecule has 0 aliphatic rings. The highest BCUT2D eigenvalue weighted by Gasteiger charge is 2.18. The topological polar surface area (TPSA) is 73.6 Å². The standard InChI is InChI=1S/C23H18O5S/c1-15-8-11-19(12-9-15)29(25,26)28-18-10-13-20-16(2)22(17-6-4-3-5-7-17)23(24)27-21(20)14-18/h3-14H,1-2H3. The fourth-order valence-electron chi connectivity index (χ4n) is 3.21. The lowest BCUT2D eigenvalue weighted by molar-refractivity contribution is 0.485. The van der Waals surface area contributed by atoms with Crippen molar-refractivity contribution >= 4 is 21.1 Å². The van der Waals surface area contributed by atoms with Gasteiger partial charge in [0.15, 0.2) is 0 Å². The van der Waals surface area contributed by atoms with Crippen LogP contribution in [-0.4, -0.2) is 8.42 Å². The van der Waals surface area contributed by atoms with E-state index in [1.54, 1.807) is 24.3 Å². The maximum absolute atomic E-state index is 12.6. The summed E-state index contributed by atoms with van der Waals surface area (Å²) in [4.78, 5) is 12.6. The molecule has 0 aliphatic carbocycles. The highest BCUT2D eigenvalue weighted by Crippen LogP contribution is 2.30. The van der Waals surface area contributed by atoms with E-state index in [0.717, 1.165) is 16.7 Å². The van der Waals surface area contributed by atoms with Gasteiger partial charge >= 0.3 is 15.7 Å². The molecule has 1 aromatic heterocycles. The van der Waals surface area contributed by atoms with Crippen LogP contribution in [0.2, 0.25) is 0 Å². The van der Waals surface area contributed by atoms with Crippen LogP contribution in [0.3, 0.4) is 0 Å².